The molecule has 0 aliphatic rings. The molecule has 2 aromatic heterocycles. The zero-order valence-corrected chi connectivity index (χ0v) is 12.1. The van der Waals surface area contributed by atoms with Crippen molar-refractivity contribution in [2.45, 2.75) is 13.1 Å². The monoisotopic (exact) mass is 297 g/mol. The quantitative estimate of drug-likeness (QED) is 0.658. The Morgan fingerprint density at radius 2 is 1.95 bits per heavy atom. The Bertz CT molecular complexity index is 950. The fraction of sp³-hybridized carbons (Fsp3) is 0.200. The minimum atomic E-state index is -0.445. The molecule has 7 nitrogen and oxygen atoms in total. The molecule has 0 radical (unpaired) electrons. The van der Waals surface area contributed by atoms with E-state index in [1.165, 1.54) is 11.6 Å². The van der Waals surface area contributed by atoms with E-state index in [9.17, 15) is 9.59 Å². The van der Waals surface area contributed by atoms with Gasteiger partial charge in [-0.15, -0.1) is 11.7 Å². The first kappa shape index (κ1) is 14.0. The maximum atomic E-state index is 12.3. The highest BCUT2D eigenvalue weighted by atomic mass is 16.2. The molecule has 0 amide bonds. The molecule has 0 saturated heterocycles. The second-order valence-corrected chi connectivity index (χ2v) is 4.95. The van der Waals surface area contributed by atoms with Crippen molar-refractivity contribution in [3.63, 3.8) is 0 Å². The van der Waals surface area contributed by atoms with E-state index in [4.69, 9.17) is 0 Å². The molecule has 112 valence electrons. The third kappa shape index (κ3) is 2.16. The van der Waals surface area contributed by atoms with Crippen molar-refractivity contribution in [2.75, 3.05) is 0 Å². The second-order valence-electron chi connectivity index (χ2n) is 4.95. The van der Waals surface area contributed by atoms with Gasteiger partial charge in [-0.05, 0) is 5.56 Å². The number of fused-ring (bicyclic) bond motifs is 1. The van der Waals surface area contributed by atoms with Crippen molar-refractivity contribution in [3.8, 4) is 0 Å². The number of aromatic nitrogens is 5. The zero-order chi connectivity index (χ0) is 15.7. The average Bonchev–Trinajstić information content (AvgIpc) is 2.94. The molecule has 22 heavy (non-hydrogen) atoms. The van der Waals surface area contributed by atoms with Gasteiger partial charge in [-0.1, -0.05) is 41.6 Å². The summed E-state index contributed by atoms with van der Waals surface area (Å²) in [6.07, 6.45) is 1.60. The normalized spacial score (nSPS) is 11.0. The van der Waals surface area contributed by atoms with Crippen LogP contribution in [0.3, 0.4) is 0 Å². The number of allylic oxidation sites excluding steroid dienone is 1. The van der Waals surface area contributed by atoms with Crippen LogP contribution in [0.5, 0.6) is 0 Å². The van der Waals surface area contributed by atoms with Crippen LogP contribution in [0.1, 0.15) is 5.56 Å². The minimum absolute atomic E-state index is 0.180. The predicted octanol–water partition coefficient (Wildman–Crippen LogP) is 0.526. The first-order valence-electron chi connectivity index (χ1n) is 6.81. The number of hydrogen-bond donors (Lipinski definition) is 0. The van der Waals surface area contributed by atoms with Crippen LogP contribution in [0.2, 0.25) is 0 Å². The number of nitrogens with zero attached hydrogens (tertiary/aromatic N) is 5. The van der Waals surface area contributed by atoms with Gasteiger partial charge < -0.3 is 0 Å². The van der Waals surface area contributed by atoms with Crippen molar-refractivity contribution in [1.82, 2.24) is 24.1 Å². The molecule has 1 aromatic carbocycles. The average molecular weight is 297 g/mol. The molecule has 0 spiro atoms. The van der Waals surface area contributed by atoms with E-state index in [0.717, 1.165) is 10.1 Å². The molecule has 3 aromatic rings. The third-order valence-corrected chi connectivity index (χ3v) is 3.48. The lowest BCUT2D eigenvalue weighted by Crippen LogP contribution is -2.38. The standard InChI is InChI=1S/C15H15N5O2/c1-3-9-19-13-12(14(21)18(2)15(19)22)16-17-20(13)10-11-7-5-4-6-8-11/h3-8H,1,9-10H2,2H3. The van der Waals surface area contributed by atoms with Gasteiger partial charge in [0.2, 0.25) is 0 Å². The van der Waals surface area contributed by atoms with Gasteiger partial charge in [0.15, 0.2) is 11.2 Å². The summed E-state index contributed by atoms with van der Waals surface area (Å²) >= 11 is 0. The number of hydrogen-bond acceptors (Lipinski definition) is 4. The first-order valence-corrected chi connectivity index (χ1v) is 6.81. The van der Waals surface area contributed by atoms with Gasteiger partial charge in [-0.2, -0.15) is 0 Å². The lowest BCUT2D eigenvalue weighted by Gasteiger charge is -2.09. The van der Waals surface area contributed by atoms with Crippen molar-refractivity contribution < 1.29 is 0 Å². The van der Waals surface area contributed by atoms with Gasteiger partial charge in [-0.25, -0.2) is 9.48 Å². The van der Waals surface area contributed by atoms with Gasteiger partial charge >= 0.3 is 5.69 Å². The number of rotatable bonds is 4. The summed E-state index contributed by atoms with van der Waals surface area (Å²) in [4.78, 5) is 24.5. The van der Waals surface area contributed by atoms with Crippen LogP contribution >= 0.6 is 0 Å². The molecule has 0 fully saturated rings. The van der Waals surface area contributed by atoms with Crippen LogP contribution in [-0.2, 0) is 20.1 Å². The van der Waals surface area contributed by atoms with Crippen LogP contribution in [0.4, 0.5) is 0 Å². The van der Waals surface area contributed by atoms with Crippen molar-refractivity contribution in [2.24, 2.45) is 7.05 Å². The third-order valence-electron chi connectivity index (χ3n) is 3.48. The van der Waals surface area contributed by atoms with Crippen LogP contribution < -0.4 is 11.2 Å². The molecule has 7 heteroatoms. The van der Waals surface area contributed by atoms with Crippen LogP contribution in [0.15, 0.2) is 52.6 Å². The summed E-state index contributed by atoms with van der Waals surface area (Å²) in [5.74, 6) is 0. The van der Waals surface area contributed by atoms with Crippen LogP contribution in [0.25, 0.3) is 11.2 Å². The van der Waals surface area contributed by atoms with Crippen molar-refractivity contribution >= 4 is 11.2 Å². The molecule has 2 heterocycles. The maximum absolute atomic E-state index is 12.3. The summed E-state index contributed by atoms with van der Waals surface area (Å²) in [6.45, 7) is 4.37. The molecule has 0 aliphatic heterocycles. The van der Waals surface area contributed by atoms with Crippen LogP contribution in [-0.4, -0.2) is 24.1 Å². The van der Waals surface area contributed by atoms with E-state index in [-0.39, 0.29) is 12.1 Å². The molecule has 0 saturated carbocycles. The molecular weight excluding hydrogens is 282 g/mol. The number of benzene rings is 1. The Morgan fingerprint density at radius 1 is 1.23 bits per heavy atom. The lowest BCUT2D eigenvalue weighted by atomic mass is 10.2. The van der Waals surface area contributed by atoms with Gasteiger partial charge in [0.25, 0.3) is 5.56 Å². The Balaban J connectivity index is 2.27. The maximum Gasteiger partial charge on any atom is 0.332 e. The molecule has 0 unspecified atom stereocenters. The zero-order valence-electron chi connectivity index (χ0n) is 12.1. The van der Waals surface area contributed by atoms with E-state index >= 15 is 0 Å². The highest BCUT2D eigenvalue weighted by Crippen LogP contribution is 2.08. The molecule has 0 N–H and O–H groups in total. The van der Waals surface area contributed by atoms with Gasteiger partial charge in [0.1, 0.15) is 0 Å². The predicted molar refractivity (Wildman–Crippen MR) is 82.8 cm³/mol. The van der Waals surface area contributed by atoms with Crippen molar-refractivity contribution in [1.29, 1.82) is 0 Å². The highest BCUT2D eigenvalue weighted by Gasteiger charge is 2.16. The van der Waals surface area contributed by atoms with E-state index in [2.05, 4.69) is 16.9 Å². The summed E-state index contributed by atoms with van der Waals surface area (Å²) in [5, 5.41) is 7.98. The Hall–Kier alpha value is -2.96. The summed E-state index contributed by atoms with van der Waals surface area (Å²) < 4.78 is 4.05. The van der Waals surface area contributed by atoms with E-state index in [0.29, 0.717) is 12.2 Å². The fourth-order valence-corrected chi connectivity index (χ4v) is 2.39. The molecule has 0 atom stereocenters. The molecular formula is C15H15N5O2. The fourth-order valence-electron chi connectivity index (χ4n) is 2.39. The van der Waals surface area contributed by atoms with E-state index in [1.807, 2.05) is 30.3 Å². The van der Waals surface area contributed by atoms with E-state index in [1.54, 1.807) is 10.8 Å². The second kappa shape index (κ2) is 5.44. The first-order chi connectivity index (χ1) is 10.6. The summed E-state index contributed by atoms with van der Waals surface area (Å²) in [6, 6.07) is 9.66. The highest BCUT2D eigenvalue weighted by molar-refractivity contribution is 5.68. The van der Waals surface area contributed by atoms with Gasteiger partial charge in [0, 0.05) is 13.6 Å². The summed E-state index contributed by atoms with van der Waals surface area (Å²) in [7, 11) is 1.43. The SMILES string of the molecule is C=CCn1c(=O)n(C)c(=O)c2nnn(Cc3ccccc3)c21. The van der Waals surface area contributed by atoms with Gasteiger partial charge in [0.05, 0.1) is 6.54 Å². The van der Waals surface area contributed by atoms with Gasteiger partial charge in [-0.3, -0.25) is 13.9 Å². The Kier molecular flexibility index (Phi) is 3.46. The minimum Gasteiger partial charge on any atom is -0.272 e. The Labute approximate surface area is 125 Å². The molecule has 3 rings (SSSR count). The van der Waals surface area contributed by atoms with Crippen LogP contribution in [0, 0.1) is 0 Å². The largest absolute Gasteiger partial charge is 0.332 e. The smallest absolute Gasteiger partial charge is 0.272 e. The molecule has 0 bridgehead atoms. The summed E-state index contributed by atoms with van der Waals surface area (Å²) in [5.41, 5.74) is 0.748. The Morgan fingerprint density at radius 3 is 2.64 bits per heavy atom. The molecule has 0 aliphatic carbocycles. The van der Waals surface area contributed by atoms with E-state index < -0.39 is 11.2 Å². The lowest BCUT2D eigenvalue weighted by molar-refractivity contribution is 0.622. The topological polar surface area (TPSA) is 74.7 Å². The van der Waals surface area contributed by atoms with Crippen molar-refractivity contribution in [3.05, 3.63) is 69.4 Å².